The minimum atomic E-state index is -0.478. The molecule has 0 aliphatic carbocycles. The highest BCUT2D eigenvalue weighted by Gasteiger charge is 2.34. The van der Waals surface area contributed by atoms with Crippen LogP contribution in [0, 0.1) is 0 Å². The molecule has 94 valence electrons. The Morgan fingerprint density at radius 3 is 2.56 bits per heavy atom. The molecule has 0 unspecified atom stereocenters. The predicted octanol–water partition coefficient (Wildman–Crippen LogP) is 2.16. The van der Waals surface area contributed by atoms with E-state index in [1.54, 1.807) is 4.90 Å². The molecule has 16 heavy (non-hydrogen) atoms. The smallest absolute Gasteiger partial charge is 0.410 e. The molecular weight excluding hydrogens is 206 g/mol. The van der Waals surface area contributed by atoms with Crippen molar-refractivity contribution in [3.63, 3.8) is 0 Å². The van der Waals surface area contributed by atoms with E-state index in [4.69, 9.17) is 4.74 Å². The van der Waals surface area contributed by atoms with Gasteiger partial charge < -0.3 is 14.7 Å². The Morgan fingerprint density at radius 1 is 1.44 bits per heavy atom. The number of ether oxygens (including phenoxy) is 1. The quantitative estimate of drug-likeness (QED) is 0.749. The van der Waals surface area contributed by atoms with Crippen molar-refractivity contribution in [2.45, 2.75) is 64.6 Å². The van der Waals surface area contributed by atoms with Gasteiger partial charge in [0.2, 0.25) is 0 Å². The fourth-order valence-corrected chi connectivity index (χ4v) is 2.11. The first kappa shape index (κ1) is 13.3. The van der Waals surface area contributed by atoms with Crippen LogP contribution in [0.5, 0.6) is 0 Å². The van der Waals surface area contributed by atoms with E-state index < -0.39 is 5.60 Å². The van der Waals surface area contributed by atoms with Gasteiger partial charge in [-0.05, 0) is 47.0 Å². The molecular formula is C12H23NO3. The monoisotopic (exact) mass is 229 g/mol. The van der Waals surface area contributed by atoms with Crippen LogP contribution in [0.25, 0.3) is 0 Å². The van der Waals surface area contributed by atoms with Crippen LogP contribution >= 0.6 is 0 Å². The average Bonchev–Trinajstić information content (AvgIpc) is 2.14. The number of rotatable bonds is 1. The predicted molar refractivity (Wildman–Crippen MR) is 62.3 cm³/mol. The molecule has 1 heterocycles. The molecule has 4 nitrogen and oxygen atoms in total. The number of carbonyl (C=O) groups is 1. The maximum Gasteiger partial charge on any atom is 0.410 e. The van der Waals surface area contributed by atoms with Gasteiger partial charge in [0.25, 0.3) is 0 Å². The van der Waals surface area contributed by atoms with Gasteiger partial charge in [-0.25, -0.2) is 4.79 Å². The van der Waals surface area contributed by atoms with E-state index in [9.17, 15) is 9.90 Å². The van der Waals surface area contributed by atoms with Crippen molar-refractivity contribution < 1.29 is 14.6 Å². The van der Waals surface area contributed by atoms with Crippen molar-refractivity contribution >= 4 is 6.09 Å². The van der Waals surface area contributed by atoms with Gasteiger partial charge in [-0.3, -0.25) is 0 Å². The van der Waals surface area contributed by atoms with Crippen LogP contribution in [0.4, 0.5) is 4.79 Å². The normalized spacial score (nSPS) is 26.7. The first-order chi connectivity index (χ1) is 7.35. The molecule has 1 fully saturated rings. The second-order valence-corrected chi connectivity index (χ2v) is 5.50. The third-order valence-electron chi connectivity index (χ3n) is 2.84. The molecule has 1 saturated heterocycles. The van der Waals surface area contributed by atoms with Gasteiger partial charge in [-0.15, -0.1) is 0 Å². The summed E-state index contributed by atoms with van der Waals surface area (Å²) >= 11 is 0. The molecule has 1 aliphatic heterocycles. The first-order valence-electron chi connectivity index (χ1n) is 5.97. The minimum absolute atomic E-state index is 0.0174. The maximum absolute atomic E-state index is 12.0. The van der Waals surface area contributed by atoms with E-state index in [2.05, 4.69) is 0 Å². The lowest BCUT2D eigenvalue weighted by Crippen LogP contribution is -2.52. The zero-order chi connectivity index (χ0) is 12.3. The van der Waals surface area contributed by atoms with E-state index in [-0.39, 0.29) is 24.8 Å². The fraction of sp³-hybridized carbons (Fsp3) is 0.917. The molecule has 0 aromatic heterocycles. The highest BCUT2D eigenvalue weighted by atomic mass is 16.6. The van der Waals surface area contributed by atoms with Gasteiger partial charge >= 0.3 is 6.09 Å². The topological polar surface area (TPSA) is 49.8 Å². The largest absolute Gasteiger partial charge is 0.444 e. The lowest BCUT2D eigenvalue weighted by atomic mass is 9.97. The number of aliphatic hydroxyl groups is 1. The molecule has 0 saturated carbocycles. The first-order valence-corrected chi connectivity index (χ1v) is 5.97. The van der Waals surface area contributed by atoms with E-state index in [0.29, 0.717) is 0 Å². The summed E-state index contributed by atoms with van der Waals surface area (Å²) in [5.74, 6) is 0. The maximum atomic E-state index is 12.0. The van der Waals surface area contributed by atoms with Crippen LogP contribution in [0.3, 0.4) is 0 Å². The van der Waals surface area contributed by atoms with Crippen molar-refractivity contribution in [3.05, 3.63) is 0 Å². The van der Waals surface area contributed by atoms with Crippen molar-refractivity contribution in [2.75, 3.05) is 6.61 Å². The molecule has 0 aromatic rings. The Labute approximate surface area is 97.6 Å². The highest BCUT2D eigenvalue weighted by molar-refractivity contribution is 5.69. The van der Waals surface area contributed by atoms with E-state index in [0.717, 1.165) is 19.3 Å². The van der Waals surface area contributed by atoms with Crippen molar-refractivity contribution in [2.24, 2.45) is 0 Å². The van der Waals surface area contributed by atoms with Crippen LogP contribution < -0.4 is 0 Å². The molecule has 1 rings (SSSR count). The lowest BCUT2D eigenvalue weighted by molar-refractivity contribution is -0.0121. The summed E-state index contributed by atoms with van der Waals surface area (Å²) in [6.07, 6.45) is 2.60. The molecule has 1 aliphatic rings. The van der Waals surface area contributed by atoms with Crippen LogP contribution in [0.2, 0.25) is 0 Å². The van der Waals surface area contributed by atoms with Gasteiger partial charge in [0.15, 0.2) is 0 Å². The summed E-state index contributed by atoms with van der Waals surface area (Å²) in [4.78, 5) is 13.7. The Bertz CT molecular complexity index is 247. The molecule has 0 bridgehead atoms. The Kier molecular flexibility index (Phi) is 4.19. The highest BCUT2D eigenvalue weighted by Crippen LogP contribution is 2.24. The molecule has 1 N–H and O–H groups in total. The van der Waals surface area contributed by atoms with E-state index >= 15 is 0 Å². The van der Waals surface area contributed by atoms with Gasteiger partial charge in [0, 0.05) is 6.04 Å². The van der Waals surface area contributed by atoms with Crippen molar-refractivity contribution in [1.29, 1.82) is 0 Å². The van der Waals surface area contributed by atoms with Gasteiger partial charge in [0.05, 0.1) is 12.6 Å². The number of likely N-dealkylation sites (tertiary alicyclic amines) is 1. The summed E-state index contributed by atoms with van der Waals surface area (Å²) in [5, 5.41) is 9.28. The number of aliphatic hydroxyl groups excluding tert-OH is 1. The standard InChI is InChI=1S/C12H23NO3/c1-9-6-5-7-10(8-14)13(9)11(15)16-12(2,3)4/h9-10,14H,5-8H2,1-4H3/t9-,10+/m0/s1. The third-order valence-corrected chi connectivity index (χ3v) is 2.84. The van der Waals surface area contributed by atoms with Gasteiger partial charge in [-0.1, -0.05) is 0 Å². The molecule has 0 radical (unpaired) electrons. The van der Waals surface area contributed by atoms with Crippen LogP contribution in [-0.4, -0.2) is 40.4 Å². The van der Waals surface area contributed by atoms with Crippen LogP contribution in [-0.2, 0) is 4.74 Å². The second kappa shape index (κ2) is 5.04. The summed E-state index contributed by atoms with van der Waals surface area (Å²) in [6.45, 7) is 7.59. The lowest BCUT2D eigenvalue weighted by Gasteiger charge is -2.40. The Hall–Kier alpha value is -0.770. The number of hydrogen-bond acceptors (Lipinski definition) is 3. The molecule has 4 heteroatoms. The number of nitrogens with zero attached hydrogens (tertiary/aromatic N) is 1. The average molecular weight is 229 g/mol. The van der Waals surface area contributed by atoms with Gasteiger partial charge in [0.1, 0.15) is 5.60 Å². The minimum Gasteiger partial charge on any atom is -0.444 e. The fourth-order valence-electron chi connectivity index (χ4n) is 2.11. The summed E-state index contributed by atoms with van der Waals surface area (Å²) in [5.41, 5.74) is -0.478. The van der Waals surface area contributed by atoms with E-state index in [1.165, 1.54) is 0 Å². The zero-order valence-corrected chi connectivity index (χ0v) is 10.7. The van der Waals surface area contributed by atoms with E-state index in [1.807, 2.05) is 27.7 Å². The summed E-state index contributed by atoms with van der Waals surface area (Å²) < 4.78 is 5.36. The summed E-state index contributed by atoms with van der Waals surface area (Å²) in [6, 6.07) is 0.0688. The molecule has 1 amide bonds. The van der Waals surface area contributed by atoms with Crippen molar-refractivity contribution in [3.8, 4) is 0 Å². The Balaban J connectivity index is 2.70. The van der Waals surface area contributed by atoms with Crippen LogP contribution in [0.15, 0.2) is 0 Å². The Morgan fingerprint density at radius 2 is 2.06 bits per heavy atom. The second-order valence-electron chi connectivity index (χ2n) is 5.50. The molecule has 2 atom stereocenters. The van der Waals surface area contributed by atoms with Gasteiger partial charge in [-0.2, -0.15) is 0 Å². The summed E-state index contributed by atoms with van der Waals surface area (Å²) in [7, 11) is 0. The molecule has 0 aromatic carbocycles. The molecule has 0 spiro atoms. The number of hydrogen-bond donors (Lipinski definition) is 1. The van der Waals surface area contributed by atoms with Crippen LogP contribution in [0.1, 0.15) is 47.0 Å². The number of carbonyl (C=O) groups excluding carboxylic acids is 1. The SMILES string of the molecule is C[C@H]1CCC[C@H](CO)N1C(=O)OC(C)(C)C. The zero-order valence-electron chi connectivity index (χ0n) is 10.7. The third kappa shape index (κ3) is 3.37. The number of amides is 1. The number of piperidine rings is 1. The van der Waals surface area contributed by atoms with Crippen molar-refractivity contribution in [1.82, 2.24) is 4.90 Å².